The zero-order valence-electron chi connectivity index (χ0n) is 12.6. The van der Waals surface area contributed by atoms with Gasteiger partial charge in [-0.25, -0.2) is 0 Å². The molecule has 2 aliphatic rings. The minimum Gasteiger partial charge on any atom is -0.352 e. The highest BCUT2D eigenvalue weighted by atomic mass is 35.5. The Morgan fingerprint density at radius 3 is 2.50 bits per heavy atom. The molecule has 0 radical (unpaired) electrons. The van der Waals surface area contributed by atoms with Crippen molar-refractivity contribution < 1.29 is 4.79 Å². The number of carbonyl (C=O) groups excluding carboxylic acids is 1. The Kier molecular flexibility index (Phi) is 5.32. The number of carbonyl (C=O) groups is 1. The first-order valence-electron chi connectivity index (χ1n) is 8.05. The van der Waals surface area contributed by atoms with Crippen molar-refractivity contribution in [1.29, 1.82) is 0 Å². The number of benzene rings is 1. The maximum absolute atomic E-state index is 12.3. The van der Waals surface area contributed by atoms with Crippen LogP contribution in [0.1, 0.15) is 32.1 Å². The third-order valence-corrected chi connectivity index (χ3v) is 6.15. The van der Waals surface area contributed by atoms with Crippen molar-refractivity contribution >= 4 is 29.3 Å². The topological polar surface area (TPSA) is 55.1 Å². The predicted octanol–water partition coefficient (Wildman–Crippen LogP) is 3.45. The normalized spacial score (nSPS) is 30.8. The van der Waals surface area contributed by atoms with Crippen LogP contribution in [-0.4, -0.2) is 23.7 Å². The summed E-state index contributed by atoms with van der Waals surface area (Å²) >= 11 is 7.43. The number of rotatable bonds is 4. The van der Waals surface area contributed by atoms with Crippen molar-refractivity contribution in [3.8, 4) is 0 Å². The van der Waals surface area contributed by atoms with Gasteiger partial charge in [0.2, 0.25) is 5.91 Å². The van der Waals surface area contributed by atoms with E-state index in [9.17, 15) is 4.79 Å². The predicted molar refractivity (Wildman–Crippen MR) is 92.1 cm³/mol. The van der Waals surface area contributed by atoms with Crippen LogP contribution in [-0.2, 0) is 4.79 Å². The molecule has 3 N–H and O–H groups in total. The monoisotopic (exact) mass is 338 g/mol. The Hall–Kier alpha value is -0.710. The third-order valence-electron chi connectivity index (χ3n) is 4.89. The lowest BCUT2D eigenvalue weighted by molar-refractivity contribution is -0.120. The van der Waals surface area contributed by atoms with Crippen molar-refractivity contribution in [2.75, 3.05) is 5.75 Å². The van der Waals surface area contributed by atoms with Gasteiger partial charge in [0.15, 0.2) is 0 Å². The highest BCUT2D eigenvalue weighted by Crippen LogP contribution is 2.39. The molecule has 0 aromatic heterocycles. The summed E-state index contributed by atoms with van der Waals surface area (Å²) in [6.07, 6.45) is 5.82. The quantitative estimate of drug-likeness (QED) is 0.827. The number of fused-ring (bicyclic) bond motifs is 2. The molecule has 22 heavy (non-hydrogen) atoms. The van der Waals surface area contributed by atoms with Gasteiger partial charge >= 0.3 is 0 Å². The van der Waals surface area contributed by atoms with E-state index in [0.29, 0.717) is 29.7 Å². The zero-order chi connectivity index (χ0) is 15.5. The summed E-state index contributed by atoms with van der Waals surface area (Å²) in [7, 11) is 0. The molecule has 1 aromatic rings. The molecule has 1 aromatic carbocycles. The molecule has 1 amide bonds. The molecular weight excluding hydrogens is 316 g/mol. The Morgan fingerprint density at radius 2 is 1.86 bits per heavy atom. The van der Waals surface area contributed by atoms with Gasteiger partial charge in [0, 0.05) is 22.0 Å². The van der Waals surface area contributed by atoms with Crippen molar-refractivity contribution in [1.82, 2.24) is 5.32 Å². The molecule has 2 atom stereocenters. The van der Waals surface area contributed by atoms with Gasteiger partial charge in [-0.1, -0.05) is 18.0 Å². The van der Waals surface area contributed by atoms with E-state index in [2.05, 4.69) is 5.32 Å². The Balaban J connectivity index is 1.52. The van der Waals surface area contributed by atoms with E-state index >= 15 is 0 Å². The molecular formula is C17H23ClN2OS. The van der Waals surface area contributed by atoms with E-state index < -0.39 is 0 Å². The fraction of sp³-hybridized carbons (Fsp3) is 0.588. The summed E-state index contributed by atoms with van der Waals surface area (Å²) in [4.78, 5) is 13.3. The van der Waals surface area contributed by atoms with Crippen LogP contribution in [0.25, 0.3) is 0 Å². The van der Waals surface area contributed by atoms with Crippen molar-refractivity contribution in [3.63, 3.8) is 0 Å². The van der Waals surface area contributed by atoms with Gasteiger partial charge in [-0.05, 0) is 61.8 Å². The van der Waals surface area contributed by atoms with Crippen molar-refractivity contribution in [3.05, 3.63) is 29.3 Å². The second kappa shape index (κ2) is 7.24. The molecule has 3 rings (SSSR count). The molecule has 0 aliphatic heterocycles. The van der Waals surface area contributed by atoms with Crippen LogP contribution in [0.5, 0.6) is 0 Å². The van der Waals surface area contributed by atoms with Crippen LogP contribution in [0.2, 0.25) is 5.02 Å². The third kappa shape index (κ3) is 3.98. The fourth-order valence-corrected chi connectivity index (χ4v) is 4.77. The minimum atomic E-state index is 0.136. The van der Waals surface area contributed by atoms with Crippen molar-refractivity contribution in [2.45, 2.75) is 49.1 Å². The molecule has 120 valence electrons. The molecule has 2 unspecified atom stereocenters. The first kappa shape index (κ1) is 16.2. The van der Waals surface area contributed by atoms with Gasteiger partial charge in [0.25, 0.3) is 0 Å². The first-order chi connectivity index (χ1) is 10.6. The van der Waals surface area contributed by atoms with Crippen LogP contribution >= 0.6 is 23.4 Å². The summed E-state index contributed by atoms with van der Waals surface area (Å²) in [6, 6.07) is 8.28. The molecule has 0 saturated heterocycles. The molecule has 2 fully saturated rings. The van der Waals surface area contributed by atoms with E-state index in [4.69, 9.17) is 17.3 Å². The lowest BCUT2D eigenvalue weighted by Crippen LogP contribution is -2.54. The number of halogens is 1. The number of hydrogen-bond acceptors (Lipinski definition) is 3. The number of hydrogen-bond donors (Lipinski definition) is 2. The van der Waals surface area contributed by atoms with E-state index in [1.807, 2.05) is 24.3 Å². The van der Waals surface area contributed by atoms with Crippen LogP contribution in [0.15, 0.2) is 29.2 Å². The molecule has 2 saturated carbocycles. The van der Waals surface area contributed by atoms with Gasteiger partial charge in [-0.15, -0.1) is 11.8 Å². The Morgan fingerprint density at radius 1 is 1.23 bits per heavy atom. The SMILES string of the molecule is NC1CC2CCCC(C1)C2NC(=O)CSc1ccc(Cl)cc1. The number of thioether (sulfide) groups is 1. The van der Waals surface area contributed by atoms with Gasteiger partial charge in [-0.3, -0.25) is 4.79 Å². The lowest BCUT2D eigenvalue weighted by atomic mass is 9.67. The fourth-order valence-electron chi connectivity index (χ4n) is 3.93. The van der Waals surface area contributed by atoms with Crippen LogP contribution < -0.4 is 11.1 Å². The summed E-state index contributed by atoms with van der Waals surface area (Å²) in [5, 5.41) is 4.00. The summed E-state index contributed by atoms with van der Waals surface area (Å²) in [5.41, 5.74) is 6.14. The second-order valence-corrected chi connectivity index (χ2v) is 8.00. The molecule has 2 aliphatic carbocycles. The smallest absolute Gasteiger partial charge is 0.230 e. The van der Waals surface area contributed by atoms with Crippen LogP contribution in [0.3, 0.4) is 0 Å². The first-order valence-corrected chi connectivity index (χ1v) is 9.41. The lowest BCUT2D eigenvalue weighted by Gasteiger charge is -2.45. The zero-order valence-corrected chi connectivity index (χ0v) is 14.2. The highest BCUT2D eigenvalue weighted by molar-refractivity contribution is 8.00. The average molecular weight is 339 g/mol. The maximum Gasteiger partial charge on any atom is 0.230 e. The Labute approximate surface area is 141 Å². The second-order valence-electron chi connectivity index (χ2n) is 6.52. The van der Waals surface area contributed by atoms with E-state index in [-0.39, 0.29) is 5.91 Å². The Bertz CT molecular complexity index is 508. The molecule has 5 heteroatoms. The van der Waals surface area contributed by atoms with E-state index in [1.54, 1.807) is 11.8 Å². The summed E-state index contributed by atoms with van der Waals surface area (Å²) in [5.74, 6) is 1.75. The standard InChI is InChI=1S/C17H23ClN2OS/c18-13-4-6-15(7-5-13)22-10-16(21)20-17-11-2-1-3-12(17)9-14(19)8-11/h4-7,11-12,14,17H,1-3,8-10,19H2,(H,20,21). The largest absolute Gasteiger partial charge is 0.352 e. The number of amides is 1. The molecule has 0 spiro atoms. The maximum atomic E-state index is 12.3. The molecule has 0 heterocycles. The van der Waals surface area contributed by atoms with Crippen LogP contribution in [0.4, 0.5) is 0 Å². The van der Waals surface area contributed by atoms with Crippen LogP contribution in [0, 0.1) is 11.8 Å². The minimum absolute atomic E-state index is 0.136. The van der Waals surface area contributed by atoms with E-state index in [1.165, 1.54) is 19.3 Å². The number of nitrogens with two attached hydrogens (primary N) is 1. The average Bonchev–Trinajstić information content (AvgIpc) is 2.48. The van der Waals surface area contributed by atoms with Gasteiger partial charge in [0.1, 0.15) is 0 Å². The number of nitrogens with one attached hydrogen (secondary N) is 1. The highest BCUT2D eigenvalue weighted by Gasteiger charge is 2.39. The van der Waals surface area contributed by atoms with E-state index in [0.717, 1.165) is 22.8 Å². The van der Waals surface area contributed by atoms with Crippen molar-refractivity contribution in [2.24, 2.45) is 17.6 Å². The van der Waals surface area contributed by atoms with Gasteiger partial charge < -0.3 is 11.1 Å². The summed E-state index contributed by atoms with van der Waals surface area (Å²) in [6.45, 7) is 0. The molecule has 3 nitrogen and oxygen atoms in total. The summed E-state index contributed by atoms with van der Waals surface area (Å²) < 4.78 is 0. The van der Waals surface area contributed by atoms with Gasteiger partial charge in [-0.2, -0.15) is 0 Å². The molecule has 2 bridgehead atoms. The van der Waals surface area contributed by atoms with Gasteiger partial charge in [0.05, 0.1) is 5.75 Å².